The molecule has 0 amide bonds. The maximum absolute atomic E-state index is 6.15. The molecule has 2 N–H and O–H groups in total. The van der Waals surface area contributed by atoms with Crippen LogP contribution in [0.15, 0.2) is 48.9 Å². The van der Waals surface area contributed by atoms with Gasteiger partial charge in [0.15, 0.2) is 0 Å². The Kier molecular flexibility index (Phi) is 5.21. The minimum absolute atomic E-state index is 0.0490. The number of likely N-dealkylation sites (N-methyl/N-ethyl adjacent to an activating group) is 1. The van der Waals surface area contributed by atoms with Gasteiger partial charge in [-0.25, -0.2) is 0 Å². The molecule has 0 aromatic carbocycles. The standard InChI is InChI=1S/C16H22N4/c1-13(17)16(14-6-5-9-18-12-14)20(2)11-8-15-7-3-4-10-19-15/h3-7,9-10,12-13,16H,8,11,17H2,1-2H3. The third-order valence-electron chi connectivity index (χ3n) is 3.45. The molecule has 0 aliphatic carbocycles. The molecule has 0 saturated carbocycles. The third-order valence-corrected chi connectivity index (χ3v) is 3.45. The highest BCUT2D eigenvalue weighted by Crippen LogP contribution is 2.21. The van der Waals surface area contributed by atoms with E-state index in [1.165, 1.54) is 0 Å². The molecule has 0 aliphatic rings. The second kappa shape index (κ2) is 7.12. The summed E-state index contributed by atoms with van der Waals surface area (Å²) in [6.45, 7) is 2.95. The molecule has 0 saturated heterocycles. The number of hydrogen-bond acceptors (Lipinski definition) is 4. The highest BCUT2D eigenvalue weighted by atomic mass is 15.1. The first-order valence-corrected chi connectivity index (χ1v) is 6.94. The maximum Gasteiger partial charge on any atom is 0.0509 e. The van der Waals surface area contributed by atoms with Crippen molar-refractivity contribution in [3.05, 3.63) is 60.2 Å². The van der Waals surface area contributed by atoms with Crippen LogP contribution < -0.4 is 5.73 Å². The van der Waals surface area contributed by atoms with Gasteiger partial charge in [0.05, 0.1) is 6.04 Å². The van der Waals surface area contributed by atoms with Gasteiger partial charge in [-0.05, 0) is 37.7 Å². The molecule has 2 unspecified atom stereocenters. The maximum atomic E-state index is 6.15. The van der Waals surface area contributed by atoms with E-state index in [0.29, 0.717) is 0 Å². The first kappa shape index (κ1) is 14.6. The molecule has 4 nitrogen and oxygen atoms in total. The van der Waals surface area contributed by atoms with Crippen molar-refractivity contribution in [1.82, 2.24) is 14.9 Å². The lowest BCUT2D eigenvalue weighted by molar-refractivity contribution is 0.220. The summed E-state index contributed by atoms with van der Waals surface area (Å²) < 4.78 is 0. The predicted molar refractivity (Wildman–Crippen MR) is 81.2 cm³/mol. The first-order valence-electron chi connectivity index (χ1n) is 6.94. The van der Waals surface area contributed by atoms with Gasteiger partial charge in [-0.2, -0.15) is 0 Å². The van der Waals surface area contributed by atoms with E-state index >= 15 is 0 Å². The van der Waals surface area contributed by atoms with Gasteiger partial charge >= 0.3 is 0 Å². The fraction of sp³-hybridized carbons (Fsp3) is 0.375. The predicted octanol–water partition coefficient (Wildman–Crippen LogP) is 2.04. The van der Waals surface area contributed by atoms with Crippen molar-refractivity contribution >= 4 is 0 Å². The molecule has 20 heavy (non-hydrogen) atoms. The van der Waals surface area contributed by atoms with Crippen LogP contribution in [0.4, 0.5) is 0 Å². The summed E-state index contributed by atoms with van der Waals surface area (Å²) in [5.74, 6) is 0. The van der Waals surface area contributed by atoms with Crippen molar-refractivity contribution < 1.29 is 0 Å². The molecule has 2 aromatic heterocycles. The molecule has 2 rings (SSSR count). The zero-order valence-corrected chi connectivity index (χ0v) is 12.1. The second-order valence-electron chi connectivity index (χ2n) is 5.14. The van der Waals surface area contributed by atoms with Crippen LogP contribution in [0.3, 0.4) is 0 Å². The lowest BCUT2D eigenvalue weighted by atomic mass is 10.0. The van der Waals surface area contributed by atoms with E-state index < -0.39 is 0 Å². The Bertz CT molecular complexity index is 498. The summed E-state index contributed by atoms with van der Waals surface area (Å²) >= 11 is 0. The van der Waals surface area contributed by atoms with Gasteiger partial charge in [-0.3, -0.25) is 14.9 Å². The van der Waals surface area contributed by atoms with Crippen LogP contribution in [0.1, 0.15) is 24.2 Å². The number of rotatable bonds is 6. The molecule has 106 valence electrons. The smallest absolute Gasteiger partial charge is 0.0509 e. The average Bonchev–Trinajstić information content (AvgIpc) is 2.47. The number of nitrogens with zero attached hydrogens (tertiary/aromatic N) is 3. The number of nitrogens with two attached hydrogens (primary N) is 1. The molecule has 0 bridgehead atoms. The van der Waals surface area contributed by atoms with E-state index in [2.05, 4.69) is 34.0 Å². The summed E-state index contributed by atoms with van der Waals surface area (Å²) in [6, 6.07) is 10.3. The van der Waals surface area contributed by atoms with Crippen LogP contribution in [0.2, 0.25) is 0 Å². The van der Waals surface area contributed by atoms with E-state index in [-0.39, 0.29) is 12.1 Å². The quantitative estimate of drug-likeness (QED) is 0.872. The summed E-state index contributed by atoms with van der Waals surface area (Å²) in [4.78, 5) is 10.8. The van der Waals surface area contributed by atoms with Gasteiger partial charge in [0.25, 0.3) is 0 Å². The molecule has 0 fully saturated rings. The fourth-order valence-corrected chi connectivity index (χ4v) is 2.49. The lowest BCUT2D eigenvalue weighted by Gasteiger charge is -2.31. The Labute approximate surface area is 120 Å². The van der Waals surface area contributed by atoms with Gasteiger partial charge in [0.1, 0.15) is 0 Å². The molecular formula is C16H22N4. The van der Waals surface area contributed by atoms with E-state index in [0.717, 1.165) is 24.2 Å². The molecule has 0 radical (unpaired) electrons. The van der Waals surface area contributed by atoms with Gasteiger partial charge in [0.2, 0.25) is 0 Å². The van der Waals surface area contributed by atoms with Crippen molar-refractivity contribution in [2.75, 3.05) is 13.6 Å². The van der Waals surface area contributed by atoms with Crippen molar-refractivity contribution in [2.45, 2.75) is 25.4 Å². The van der Waals surface area contributed by atoms with E-state index in [9.17, 15) is 0 Å². The van der Waals surface area contributed by atoms with Gasteiger partial charge in [0, 0.05) is 43.3 Å². The third kappa shape index (κ3) is 3.85. The van der Waals surface area contributed by atoms with Crippen LogP contribution in [-0.2, 0) is 6.42 Å². The Morgan fingerprint density at radius 1 is 1.20 bits per heavy atom. The number of aromatic nitrogens is 2. The highest BCUT2D eigenvalue weighted by Gasteiger charge is 2.21. The molecule has 0 spiro atoms. The SMILES string of the molecule is CC(N)C(c1cccnc1)N(C)CCc1ccccn1. The van der Waals surface area contributed by atoms with Crippen LogP contribution >= 0.6 is 0 Å². The average molecular weight is 270 g/mol. The molecule has 0 aliphatic heterocycles. The van der Waals surface area contributed by atoms with Gasteiger partial charge in [-0.15, -0.1) is 0 Å². The summed E-state index contributed by atoms with van der Waals surface area (Å²) in [5.41, 5.74) is 8.42. The molecule has 2 aromatic rings. The zero-order valence-electron chi connectivity index (χ0n) is 12.1. The monoisotopic (exact) mass is 270 g/mol. The highest BCUT2D eigenvalue weighted by molar-refractivity contribution is 5.16. The number of pyridine rings is 2. The summed E-state index contributed by atoms with van der Waals surface area (Å²) in [7, 11) is 2.10. The lowest BCUT2D eigenvalue weighted by Crippen LogP contribution is -2.38. The number of hydrogen-bond donors (Lipinski definition) is 1. The summed E-state index contributed by atoms with van der Waals surface area (Å²) in [6.07, 6.45) is 6.43. The fourth-order valence-electron chi connectivity index (χ4n) is 2.49. The van der Waals surface area contributed by atoms with E-state index in [1.54, 1.807) is 6.20 Å². The van der Waals surface area contributed by atoms with E-state index in [4.69, 9.17) is 5.73 Å². The normalized spacial score (nSPS) is 14.2. The Balaban J connectivity index is 2.03. The molecule has 2 heterocycles. The Morgan fingerprint density at radius 3 is 2.65 bits per heavy atom. The molecular weight excluding hydrogens is 248 g/mol. The van der Waals surface area contributed by atoms with Crippen LogP contribution in [0.25, 0.3) is 0 Å². The zero-order chi connectivity index (χ0) is 14.4. The first-order chi connectivity index (χ1) is 9.68. The van der Waals surface area contributed by atoms with Crippen molar-refractivity contribution in [3.63, 3.8) is 0 Å². The topological polar surface area (TPSA) is 55.0 Å². The van der Waals surface area contributed by atoms with Crippen molar-refractivity contribution in [3.8, 4) is 0 Å². The molecule has 4 heteroatoms. The minimum Gasteiger partial charge on any atom is -0.326 e. The Morgan fingerprint density at radius 2 is 2.05 bits per heavy atom. The van der Waals surface area contributed by atoms with E-state index in [1.807, 2.05) is 37.5 Å². The van der Waals surface area contributed by atoms with Gasteiger partial charge < -0.3 is 5.73 Å². The van der Waals surface area contributed by atoms with Crippen LogP contribution in [0.5, 0.6) is 0 Å². The Hall–Kier alpha value is -1.78. The molecule has 2 atom stereocenters. The van der Waals surface area contributed by atoms with Crippen molar-refractivity contribution in [1.29, 1.82) is 0 Å². The van der Waals surface area contributed by atoms with Gasteiger partial charge in [-0.1, -0.05) is 12.1 Å². The largest absolute Gasteiger partial charge is 0.326 e. The van der Waals surface area contributed by atoms with Crippen molar-refractivity contribution in [2.24, 2.45) is 5.73 Å². The summed E-state index contributed by atoms with van der Waals surface area (Å²) in [5, 5.41) is 0. The van der Waals surface area contributed by atoms with Crippen LogP contribution in [-0.4, -0.2) is 34.5 Å². The second-order valence-corrected chi connectivity index (χ2v) is 5.14. The van der Waals surface area contributed by atoms with Crippen LogP contribution in [0, 0.1) is 0 Å². The minimum atomic E-state index is 0.0490.